The van der Waals surface area contributed by atoms with E-state index in [1.54, 1.807) is 0 Å². The summed E-state index contributed by atoms with van der Waals surface area (Å²) >= 11 is 0. The lowest BCUT2D eigenvalue weighted by Gasteiger charge is -2.35. The van der Waals surface area contributed by atoms with Crippen molar-refractivity contribution in [2.75, 3.05) is 39.3 Å². The quantitative estimate of drug-likeness (QED) is 0.812. The van der Waals surface area contributed by atoms with Crippen LogP contribution in [-0.4, -0.2) is 55.1 Å². The highest BCUT2D eigenvalue weighted by Gasteiger charge is 2.23. The Kier molecular flexibility index (Phi) is 5.75. The van der Waals surface area contributed by atoms with Crippen molar-refractivity contribution < 1.29 is 4.79 Å². The third-order valence-electron chi connectivity index (χ3n) is 2.83. The second-order valence-corrected chi connectivity index (χ2v) is 5.71. The largest absolute Gasteiger partial charge is 0.324 e. The van der Waals surface area contributed by atoms with Gasteiger partial charge in [-0.15, -0.1) is 0 Å². The normalized spacial score (nSPS) is 16.7. The lowest BCUT2D eigenvalue weighted by atomic mass is 10.1. The Morgan fingerprint density at radius 1 is 1.12 bits per heavy atom. The number of carbonyl (C=O) groups is 1. The molecule has 1 N–H and O–H groups in total. The zero-order valence-electron chi connectivity index (χ0n) is 11.7. The topological polar surface area (TPSA) is 35.6 Å². The fraction of sp³-hybridized carbons (Fsp3) is 0.923. The molecule has 0 aromatic carbocycles. The van der Waals surface area contributed by atoms with Gasteiger partial charge in [-0.25, -0.2) is 4.79 Å². The molecule has 0 aromatic heterocycles. The van der Waals surface area contributed by atoms with Gasteiger partial charge in [0.1, 0.15) is 0 Å². The summed E-state index contributed by atoms with van der Waals surface area (Å²) in [5.74, 6) is 1.06. The number of hydrogen-bond acceptors (Lipinski definition) is 2. The highest BCUT2D eigenvalue weighted by atomic mass is 16.2. The number of amides is 2. The first-order valence-electron chi connectivity index (χ1n) is 6.75. The molecular formula is C13H27N3O. The van der Waals surface area contributed by atoms with E-state index in [9.17, 15) is 4.79 Å². The van der Waals surface area contributed by atoms with Crippen molar-refractivity contribution in [1.82, 2.24) is 15.1 Å². The Balaban J connectivity index is 2.56. The monoisotopic (exact) mass is 241 g/mol. The van der Waals surface area contributed by atoms with Crippen LogP contribution < -0.4 is 5.32 Å². The van der Waals surface area contributed by atoms with E-state index in [2.05, 4.69) is 33.0 Å². The molecule has 4 heteroatoms. The van der Waals surface area contributed by atoms with Crippen molar-refractivity contribution in [2.45, 2.75) is 27.7 Å². The minimum Gasteiger partial charge on any atom is -0.324 e. The molecule has 0 unspecified atom stereocenters. The molecule has 0 saturated carbocycles. The average Bonchev–Trinajstić information content (AvgIpc) is 2.27. The Labute approximate surface area is 105 Å². The van der Waals surface area contributed by atoms with Crippen LogP contribution in [0.5, 0.6) is 0 Å². The number of hydrogen-bond donors (Lipinski definition) is 1. The Morgan fingerprint density at radius 2 is 1.59 bits per heavy atom. The van der Waals surface area contributed by atoms with Gasteiger partial charge in [-0.3, -0.25) is 0 Å². The molecule has 2 amide bonds. The molecule has 1 heterocycles. The number of nitrogens with zero attached hydrogens (tertiary/aromatic N) is 2. The summed E-state index contributed by atoms with van der Waals surface area (Å²) < 4.78 is 0. The molecule has 0 spiro atoms. The second kappa shape index (κ2) is 6.84. The Hall–Kier alpha value is -0.770. The van der Waals surface area contributed by atoms with Gasteiger partial charge in [-0.2, -0.15) is 0 Å². The molecule has 1 saturated heterocycles. The zero-order valence-corrected chi connectivity index (χ0v) is 11.7. The van der Waals surface area contributed by atoms with Gasteiger partial charge in [-0.1, -0.05) is 27.7 Å². The van der Waals surface area contributed by atoms with E-state index in [0.29, 0.717) is 11.8 Å². The molecular weight excluding hydrogens is 214 g/mol. The van der Waals surface area contributed by atoms with E-state index in [1.807, 2.05) is 9.80 Å². The van der Waals surface area contributed by atoms with Crippen molar-refractivity contribution in [3.05, 3.63) is 0 Å². The number of rotatable bonds is 4. The molecule has 17 heavy (non-hydrogen) atoms. The van der Waals surface area contributed by atoms with Gasteiger partial charge in [0, 0.05) is 39.3 Å². The van der Waals surface area contributed by atoms with E-state index in [0.717, 1.165) is 39.3 Å². The number of urea groups is 1. The average molecular weight is 241 g/mol. The van der Waals surface area contributed by atoms with Gasteiger partial charge in [0.2, 0.25) is 0 Å². The van der Waals surface area contributed by atoms with Crippen molar-refractivity contribution >= 4 is 6.03 Å². The number of piperazine rings is 1. The van der Waals surface area contributed by atoms with E-state index in [-0.39, 0.29) is 6.03 Å². The molecule has 1 rings (SSSR count). The van der Waals surface area contributed by atoms with Crippen LogP contribution in [0.1, 0.15) is 27.7 Å². The molecule has 0 bridgehead atoms. The Bertz CT molecular complexity index is 225. The van der Waals surface area contributed by atoms with Crippen LogP contribution in [0.2, 0.25) is 0 Å². The molecule has 0 aromatic rings. The summed E-state index contributed by atoms with van der Waals surface area (Å²) in [6, 6.07) is 0.217. The van der Waals surface area contributed by atoms with Crippen LogP contribution in [0, 0.1) is 11.8 Å². The molecule has 1 aliphatic heterocycles. The maximum absolute atomic E-state index is 12.4. The predicted octanol–water partition coefficient (Wildman–Crippen LogP) is 1.63. The van der Waals surface area contributed by atoms with Crippen molar-refractivity contribution in [3.63, 3.8) is 0 Å². The van der Waals surface area contributed by atoms with E-state index < -0.39 is 0 Å². The van der Waals surface area contributed by atoms with E-state index >= 15 is 0 Å². The summed E-state index contributed by atoms with van der Waals surface area (Å²) in [5, 5.41) is 3.28. The van der Waals surface area contributed by atoms with Crippen LogP contribution in [0.4, 0.5) is 4.79 Å². The summed E-state index contributed by atoms with van der Waals surface area (Å²) in [5.41, 5.74) is 0. The second-order valence-electron chi connectivity index (χ2n) is 5.71. The first-order chi connectivity index (χ1) is 8.00. The van der Waals surface area contributed by atoms with Crippen molar-refractivity contribution in [2.24, 2.45) is 11.8 Å². The van der Waals surface area contributed by atoms with Crippen LogP contribution in [0.25, 0.3) is 0 Å². The Morgan fingerprint density at radius 3 is 2.00 bits per heavy atom. The molecule has 1 fully saturated rings. The number of carbonyl (C=O) groups excluding carboxylic acids is 1. The van der Waals surface area contributed by atoms with Gasteiger partial charge < -0.3 is 15.1 Å². The summed E-state index contributed by atoms with van der Waals surface area (Å²) in [7, 11) is 0. The minimum atomic E-state index is 0.217. The van der Waals surface area contributed by atoms with Crippen LogP contribution in [0.15, 0.2) is 0 Å². The molecule has 0 atom stereocenters. The van der Waals surface area contributed by atoms with Crippen molar-refractivity contribution in [1.29, 1.82) is 0 Å². The van der Waals surface area contributed by atoms with Gasteiger partial charge in [0.05, 0.1) is 0 Å². The minimum absolute atomic E-state index is 0.217. The highest BCUT2D eigenvalue weighted by Crippen LogP contribution is 2.08. The lowest BCUT2D eigenvalue weighted by molar-refractivity contribution is 0.135. The molecule has 1 aliphatic rings. The van der Waals surface area contributed by atoms with Gasteiger partial charge in [0.15, 0.2) is 0 Å². The first kappa shape index (κ1) is 14.3. The smallest absolute Gasteiger partial charge is 0.320 e. The van der Waals surface area contributed by atoms with Crippen LogP contribution in [-0.2, 0) is 0 Å². The predicted molar refractivity (Wildman–Crippen MR) is 71.1 cm³/mol. The van der Waals surface area contributed by atoms with Crippen molar-refractivity contribution in [3.8, 4) is 0 Å². The maximum atomic E-state index is 12.4. The molecule has 0 radical (unpaired) electrons. The van der Waals surface area contributed by atoms with Gasteiger partial charge >= 0.3 is 6.03 Å². The standard InChI is InChI=1S/C13H27N3O/c1-11(2)9-16(10-12(3)4)13(17)15-7-5-14-6-8-15/h11-12,14H,5-10H2,1-4H3. The first-order valence-corrected chi connectivity index (χ1v) is 6.75. The summed E-state index contributed by atoms with van der Waals surface area (Å²) in [6.07, 6.45) is 0. The van der Waals surface area contributed by atoms with Crippen LogP contribution in [0.3, 0.4) is 0 Å². The van der Waals surface area contributed by atoms with E-state index in [1.165, 1.54) is 0 Å². The molecule has 4 nitrogen and oxygen atoms in total. The summed E-state index contributed by atoms with van der Waals surface area (Å²) in [6.45, 7) is 13.9. The third-order valence-corrected chi connectivity index (χ3v) is 2.83. The fourth-order valence-electron chi connectivity index (χ4n) is 2.17. The van der Waals surface area contributed by atoms with Gasteiger partial charge in [0.25, 0.3) is 0 Å². The number of nitrogens with one attached hydrogen (secondary N) is 1. The SMILES string of the molecule is CC(C)CN(CC(C)C)C(=O)N1CCNCC1. The zero-order chi connectivity index (χ0) is 12.8. The van der Waals surface area contributed by atoms with Gasteiger partial charge in [-0.05, 0) is 11.8 Å². The summed E-state index contributed by atoms with van der Waals surface area (Å²) in [4.78, 5) is 16.4. The van der Waals surface area contributed by atoms with E-state index in [4.69, 9.17) is 0 Å². The molecule has 0 aliphatic carbocycles. The highest BCUT2D eigenvalue weighted by molar-refractivity contribution is 5.74. The lowest BCUT2D eigenvalue weighted by Crippen LogP contribution is -2.52. The maximum Gasteiger partial charge on any atom is 0.320 e. The fourth-order valence-corrected chi connectivity index (χ4v) is 2.17. The van der Waals surface area contributed by atoms with Crippen LogP contribution >= 0.6 is 0 Å². The third kappa shape index (κ3) is 4.94. The molecule has 100 valence electrons.